The lowest BCUT2D eigenvalue weighted by atomic mass is 10.3. The molecule has 0 spiro atoms. The Morgan fingerprint density at radius 2 is 2.00 bits per heavy atom. The van der Waals surface area contributed by atoms with Gasteiger partial charge in [-0.05, 0) is 34.1 Å². The minimum Gasteiger partial charge on any atom is -0.336 e. The molecule has 3 heteroatoms. The number of carbonyl (C=O) groups excluding carboxylic acids is 1. The first-order valence-electron chi connectivity index (χ1n) is 5.17. The van der Waals surface area contributed by atoms with E-state index in [1.165, 1.54) is 0 Å². The van der Waals surface area contributed by atoms with Gasteiger partial charge in [0.15, 0.2) is 0 Å². The second kappa shape index (κ2) is 6.46. The van der Waals surface area contributed by atoms with Gasteiger partial charge < -0.3 is 10.2 Å². The van der Waals surface area contributed by atoms with Gasteiger partial charge in [-0.15, -0.1) is 6.58 Å². The number of hydrogen-bond acceptors (Lipinski definition) is 1. The third-order valence-corrected chi connectivity index (χ3v) is 1.87. The molecule has 0 radical (unpaired) electrons. The standard InChI is InChI=1S/C11H22N2O/c1-6-7-8-13(10(4)5)11(14)12-9(2)3/h6,9-10H,1,7-8H2,2-5H3,(H,12,14). The van der Waals surface area contributed by atoms with Gasteiger partial charge in [0.1, 0.15) is 0 Å². The Hall–Kier alpha value is -0.990. The second-order valence-electron chi connectivity index (χ2n) is 3.97. The van der Waals surface area contributed by atoms with E-state index in [4.69, 9.17) is 0 Å². The number of urea groups is 1. The Morgan fingerprint density at radius 1 is 1.43 bits per heavy atom. The maximum Gasteiger partial charge on any atom is 0.317 e. The fraction of sp³-hybridized carbons (Fsp3) is 0.727. The van der Waals surface area contributed by atoms with Crippen LogP contribution in [-0.4, -0.2) is 29.6 Å². The van der Waals surface area contributed by atoms with E-state index in [1.807, 2.05) is 38.7 Å². The first kappa shape index (κ1) is 13.0. The summed E-state index contributed by atoms with van der Waals surface area (Å²) in [4.78, 5) is 13.5. The maximum atomic E-state index is 11.7. The molecule has 0 aliphatic carbocycles. The van der Waals surface area contributed by atoms with Crippen molar-refractivity contribution in [1.29, 1.82) is 0 Å². The summed E-state index contributed by atoms with van der Waals surface area (Å²) >= 11 is 0. The summed E-state index contributed by atoms with van der Waals surface area (Å²) in [6, 6.07) is 0.429. The van der Waals surface area contributed by atoms with Gasteiger partial charge in [-0.25, -0.2) is 4.79 Å². The van der Waals surface area contributed by atoms with E-state index < -0.39 is 0 Å². The van der Waals surface area contributed by atoms with Crippen molar-refractivity contribution < 1.29 is 4.79 Å². The van der Waals surface area contributed by atoms with Crippen LogP contribution in [0.2, 0.25) is 0 Å². The first-order chi connectivity index (χ1) is 6.49. The molecule has 0 atom stereocenters. The molecule has 0 rings (SSSR count). The topological polar surface area (TPSA) is 32.3 Å². The van der Waals surface area contributed by atoms with Crippen LogP contribution < -0.4 is 5.32 Å². The molecule has 0 heterocycles. The second-order valence-corrected chi connectivity index (χ2v) is 3.97. The van der Waals surface area contributed by atoms with Crippen LogP contribution in [-0.2, 0) is 0 Å². The van der Waals surface area contributed by atoms with Gasteiger partial charge in [-0.1, -0.05) is 6.08 Å². The molecule has 0 unspecified atom stereocenters. The van der Waals surface area contributed by atoms with Crippen molar-refractivity contribution in [3.8, 4) is 0 Å². The summed E-state index contributed by atoms with van der Waals surface area (Å²) in [6.45, 7) is 12.3. The van der Waals surface area contributed by atoms with Crippen LogP contribution in [0, 0.1) is 0 Å². The number of amides is 2. The van der Waals surface area contributed by atoms with Crippen LogP contribution in [0.4, 0.5) is 4.79 Å². The molecule has 0 saturated heterocycles. The number of hydrogen-bond donors (Lipinski definition) is 1. The van der Waals surface area contributed by atoms with Crippen molar-refractivity contribution in [3.63, 3.8) is 0 Å². The van der Waals surface area contributed by atoms with Crippen LogP contribution in [0.1, 0.15) is 34.1 Å². The number of carbonyl (C=O) groups is 1. The van der Waals surface area contributed by atoms with E-state index in [0.717, 1.165) is 13.0 Å². The average molecular weight is 198 g/mol. The van der Waals surface area contributed by atoms with Gasteiger partial charge in [0.2, 0.25) is 0 Å². The summed E-state index contributed by atoms with van der Waals surface area (Å²) in [5.41, 5.74) is 0. The van der Waals surface area contributed by atoms with Crippen LogP contribution >= 0.6 is 0 Å². The molecule has 14 heavy (non-hydrogen) atoms. The van der Waals surface area contributed by atoms with Crippen LogP contribution in [0.25, 0.3) is 0 Å². The first-order valence-corrected chi connectivity index (χ1v) is 5.17. The van der Waals surface area contributed by atoms with Crippen molar-refractivity contribution in [2.24, 2.45) is 0 Å². The number of rotatable bonds is 5. The Kier molecular flexibility index (Phi) is 6.00. The highest BCUT2D eigenvalue weighted by molar-refractivity contribution is 5.74. The van der Waals surface area contributed by atoms with Gasteiger partial charge in [0.25, 0.3) is 0 Å². The minimum absolute atomic E-state index is 0.0110. The zero-order chi connectivity index (χ0) is 11.1. The van der Waals surface area contributed by atoms with Gasteiger partial charge in [-0.3, -0.25) is 0 Å². The summed E-state index contributed by atoms with van der Waals surface area (Å²) in [6.07, 6.45) is 2.67. The van der Waals surface area contributed by atoms with Crippen molar-refractivity contribution in [2.45, 2.75) is 46.2 Å². The van der Waals surface area contributed by atoms with Gasteiger partial charge in [-0.2, -0.15) is 0 Å². The lowest BCUT2D eigenvalue weighted by Gasteiger charge is -2.27. The average Bonchev–Trinajstić information content (AvgIpc) is 2.02. The highest BCUT2D eigenvalue weighted by Gasteiger charge is 2.15. The van der Waals surface area contributed by atoms with Crippen molar-refractivity contribution in [2.75, 3.05) is 6.54 Å². The zero-order valence-corrected chi connectivity index (χ0v) is 9.71. The molecule has 0 fully saturated rings. The van der Waals surface area contributed by atoms with Crippen molar-refractivity contribution >= 4 is 6.03 Å². The molecule has 0 aliphatic rings. The predicted octanol–water partition coefficient (Wildman–Crippen LogP) is 2.39. The third kappa shape index (κ3) is 4.90. The van der Waals surface area contributed by atoms with E-state index in [9.17, 15) is 4.79 Å². The minimum atomic E-state index is 0.0110. The quantitative estimate of drug-likeness (QED) is 0.676. The van der Waals surface area contributed by atoms with Gasteiger partial charge in [0.05, 0.1) is 0 Å². The van der Waals surface area contributed by atoms with E-state index in [1.54, 1.807) is 0 Å². The lowest BCUT2D eigenvalue weighted by Crippen LogP contribution is -2.46. The highest BCUT2D eigenvalue weighted by Crippen LogP contribution is 2.01. The number of nitrogens with one attached hydrogen (secondary N) is 1. The monoisotopic (exact) mass is 198 g/mol. The summed E-state index contributed by atoms with van der Waals surface area (Å²) in [5, 5.41) is 2.89. The Labute approximate surface area is 87.2 Å². The lowest BCUT2D eigenvalue weighted by molar-refractivity contribution is 0.182. The molecule has 0 aromatic carbocycles. The van der Waals surface area contributed by atoms with E-state index in [-0.39, 0.29) is 18.1 Å². The Bertz CT molecular complexity index is 188. The van der Waals surface area contributed by atoms with Gasteiger partial charge in [0, 0.05) is 18.6 Å². The van der Waals surface area contributed by atoms with Crippen LogP contribution in [0.3, 0.4) is 0 Å². The fourth-order valence-corrected chi connectivity index (χ4v) is 1.15. The highest BCUT2D eigenvalue weighted by atomic mass is 16.2. The molecule has 0 aromatic rings. The molecule has 2 amide bonds. The Morgan fingerprint density at radius 3 is 2.36 bits per heavy atom. The maximum absolute atomic E-state index is 11.7. The van der Waals surface area contributed by atoms with Crippen molar-refractivity contribution in [3.05, 3.63) is 12.7 Å². The zero-order valence-electron chi connectivity index (χ0n) is 9.71. The number of nitrogens with zero attached hydrogens (tertiary/aromatic N) is 1. The summed E-state index contributed by atoms with van der Waals surface area (Å²) < 4.78 is 0. The summed E-state index contributed by atoms with van der Waals surface area (Å²) in [5.74, 6) is 0. The largest absolute Gasteiger partial charge is 0.336 e. The third-order valence-electron chi connectivity index (χ3n) is 1.87. The Balaban J connectivity index is 4.18. The molecule has 0 aromatic heterocycles. The van der Waals surface area contributed by atoms with Crippen LogP contribution in [0.5, 0.6) is 0 Å². The molecular formula is C11H22N2O. The van der Waals surface area contributed by atoms with Gasteiger partial charge >= 0.3 is 6.03 Å². The smallest absolute Gasteiger partial charge is 0.317 e. The molecule has 82 valence electrons. The molecule has 0 aliphatic heterocycles. The fourth-order valence-electron chi connectivity index (χ4n) is 1.15. The van der Waals surface area contributed by atoms with E-state index in [2.05, 4.69) is 11.9 Å². The normalized spacial score (nSPS) is 10.4. The van der Waals surface area contributed by atoms with E-state index in [0.29, 0.717) is 0 Å². The van der Waals surface area contributed by atoms with E-state index >= 15 is 0 Å². The molecule has 0 bridgehead atoms. The molecular weight excluding hydrogens is 176 g/mol. The van der Waals surface area contributed by atoms with Crippen molar-refractivity contribution in [1.82, 2.24) is 10.2 Å². The summed E-state index contributed by atoms with van der Waals surface area (Å²) in [7, 11) is 0. The molecule has 0 saturated carbocycles. The predicted molar refractivity (Wildman–Crippen MR) is 60.3 cm³/mol. The van der Waals surface area contributed by atoms with Crippen LogP contribution in [0.15, 0.2) is 12.7 Å². The molecule has 3 nitrogen and oxygen atoms in total. The SMILES string of the molecule is C=CCCN(C(=O)NC(C)C)C(C)C. The molecule has 1 N–H and O–H groups in total.